The van der Waals surface area contributed by atoms with E-state index in [1.54, 1.807) is 10.7 Å². The molecule has 180 valence electrons. The number of phenolic OH excluding ortho intramolecular Hbond substituents is 1. The second-order valence-electron chi connectivity index (χ2n) is 7.30. The summed E-state index contributed by atoms with van der Waals surface area (Å²) in [5.74, 6) is 0.674. The number of phenols is 1. The Morgan fingerprint density at radius 1 is 1.06 bits per heavy atom. The van der Waals surface area contributed by atoms with Crippen molar-refractivity contribution in [1.29, 1.82) is 0 Å². The standard InChI is InChI=1S/C20H24N6O3.2C2H6/c1-13-4-5-16(10-17(13)27)24-6-8-25(9-7-24)18(28)11-26-15(3)14(2)19(23-26)20-22-21-12-29-20;2*1-2/h4-5,10,12,27H,6-9,11H2,1-3H3;2*1-2H3. The summed E-state index contributed by atoms with van der Waals surface area (Å²) in [5, 5.41) is 22.0. The average molecular weight is 457 g/mol. The molecule has 1 fully saturated rings. The first-order valence-corrected chi connectivity index (χ1v) is 11.6. The molecule has 3 aromatic rings. The monoisotopic (exact) mass is 456 g/mol. The lowest BCUT2D eigenvalue weighted by Gasteiger charge is -2.36. The van der Waals surface area contributed by atoms with Gasteiger partial charge in [0, 0.05) is 49.2 Å². The maximum atomic E-state index is 12.8. The van der Waals surface area contributed by atoms with Gasteiger partial charge in [0.2, 0.25) is 12.3 Å². The fourth-order valence-corrected chi connectivity index (χ4v) is 3.51. The number of aryl methyl sites for hydroxylation is 1. The maximum absolute atomic E-state index is 12.8. The van der Waals surface area contributed by atoms with E-state index in [4.69, 9.17) is 4.42 Å². The van der Waals surface area contributed by atoms with E-state index in [2.05, 4.69) is 20.2 Å². The van der Waals surface area contributed by atoms with Gasteiger partial charge in [-0.15, -0.1) is 10.2 Å². The molecule has 9 heteroatoms. The third-order valence-electron chi connectivity index (χ3n) is 5.54. The smallest absolute Gasteiger partial charge is 0.268 e. The number of nitrogens with zero attached hydrogens (tertiary/aromatic N) is 6. The van der Waals surface area contributed by atoms with Gasteiger partial charge in [-0.05, 0) is 32.4 Å². The Morgan fingerprint density at radius 2 is 1.73 bits per heavy atom. The topological polar surface area (TPSA) is 101 Å². The molecule has 1 aliphatic rings. The molecule has 0 saturated carbocycles. The quantitative estimate of drug-likeness (QED) is 0.634. The van der Waals surface area contributed by atoms with Crippen molar-refractivity contribution in [3.63, 3.8) is 0 Å². The van der Waals surface area contributed by atoms with Crippen molar-refractivity contribution < 1.29 is 14.3 Å². The third-order valence-corrected chi connectivity index (χ3v) is 5.54. The molecule has 1 aliphatic heterocycles. The lowest BCUT2D eigenvalue weighted by molar-refractivity contribution is -0.132. The lowest BCUT2D eigenvalue weighted by Crippen LogP contribution is -2.49. The highest BCUT2D eigenvalue weighted by molar-refractivity contribution is 5.76. The summed E-state index contributed by atoms with van der Waals surface area (Å²) in [4.78, 5) is 16.9. The molecular formula is C24H36N6O3. The number of anilines is 1. The van der Waals surface area contributed by atoms with Gasteiger partial charge < -0.3 is 19.3 Å². The van der Waals surface area contributed by atoms with E-state index >= 15 is 0 Å². The zero-order chi connectivity index (χ0) is 24.5. The molecular weight excluding hydrogens is 420 g/mol. The number of carbonyl (C=O) groups is 1. The fourth-order valence-electron chi connectivity index (χ4n) is 3.51. The zero-order valence-electron chi connectivity index (χ0n) is 20.8. The summed E-state index contributed by atoms with van der Waals surface area (Å²) in [5.41, 5.74) is 4.26. The van der Waals surface area contributed by atoms with Crippen molar-refractivity contribution in [2.75, 3.05) is 31.1 Å². The molecule has 0 aliphatic carbocycles. The molecule has 9 nitrogen and oxygen atoms in total. The molecule has 1 N–H and O–H groups in total. The van der Waals surface area contributed by atoms with Crippen LogP contribution in [0.4, 0.5) is 5.69 Å². The average Bonchev–Trinajstić information content (AvgIpc) is 3.48. The van der Waals surface area contributed by atoms with Crippen molar-refractivity contribution in [3.05, 3.63) is 41.4 Å². The molecule has 33 heavy (non-hydrogen) atoms. The Balaban J connectivity index is 0.000000914. The lowest BCUT2D eigenvalue weighted by atomic mass is 10.1. The van der Waals surface area contributed by atoms with Gasteiger partial charge in [-0.25, -0.2) is 0 Å². The molecule has 0 atom stereocenters. The molecule has 1 aromatic carbocycles. The van der Waals surface area contributed by atoms with Crippen LogP contribution in [-0.4, -0.2) is 62.1 Å². The Kier molecular flexibility index (Phi) is 9.44. The first-order chi connectivity index (χ1) is 15.9. The highest BCUT2D eigenvalue weighted by Gasteiger charge is 2.24. The molecule has 0 unspecified atom stereocenters. The highest BCUT2D eigenvalue weighted by Crippen LogP contribution is 2.25. The number of benzene rings is 1. The molecule has 0 radical (unpaired) electrons. The molecule has 1 amide bonds. The minimum Gasteiger partial charge on any atom is -0.508 e. The molecule has 2 aromatic heterocycles. The second kappa shape index (κ2) is 12.0. The number of amides is 1. The van der Waals surface area contributed by atoms with Crippen LogP contribution >= 0.6 is 0 Å². The van der Waals surface area contributed by atoms with Crippen LogP contribution in [0.25, 0.3) is 11.6 Å². The largest absolute Gasteiger partial charge is 0.508 e. The van der Waals surface area contributed by atoms with Gasteiger partial charge in [0.15, 0.2) is 5.69 Å². The molecule has 3 heterocycles. The van der Waals surface area contributed by atoms with E-state index in [-0.39, 0.29) is 12.5 Å². The van der Waals surface area contributed by atoms with E-state index in [1.807, 2.05) is 65.5 Å². The molecule has 4 rings (SSSR count). The Hall–Kier alpha value is -3.36. The fraction of sp³-hybridized carbons (Fsp3) is 0.500. The number of aromatic hydroxyl groups is 1. The summed E-state index contributed by atoms with van der Waals surface area (Å²) in [6, 6.07) is 5.69. The maximum Gasteiger partial charge on any atom is 0.268 e. The van der Waals surface area contributed by atoms with Crippen LogP contribution in [0.5, 0.6) is 5.75 Å². The van der Waals surface area contributed by atoms with Crippen molar-refractivity contribution in [2.24, 2.45) is 0 Å². The Labute approximate surface area is 196 Å². The van der Waals surface area contributed by atoms with Crippen LogP contribution in [0.1, 0.15) is 44.5 Å². The summed E-state index contributed by atoms with van der Waals surface area (Å²) < 4.78 is 6.94. The summed E-state index contributed by atoms with van der Waals surface area (Å²) >= 11 is 0. The van der Waals surface area contributed by atoms with Gasteiger partial charge in [0.05, 0.1) is 0 Å². The SMILES string of the molecule is CC.CC.Cc1ccc(N2CCN(C(=O)Cn3nc(-c4nnco4)c(C)c3C)CC2)cc1O. The van der Waals surface area contributed by atoms with E-state index in [0.717, 1.165) is 35.6 Å². The summed E-state index contributed by atoms with van der Waals surface area (Å²) in [6.45, 7) is 16.6. The summed E-state index contributed by atoms with van der Waals surface area (Å²) in [7, 11) is 0. The van der Waals surface area contributed by atoms with E-state index in [1.165, 1.54) is 6.39 Å². The molecule has 0 spiro atoms. The number of aromatic nitrogens is 4. The number of hydrogen-bond donors (Lipinski definition) is 1. The van der Waals surface area contributed by atoms with Gasteiger partial charge >= 0.3 is 0 Å². The van der Waals surface area contributed by atoms with E-state index in [0.29, 0.717) is 30.4 Å². The van der Waals surface area contributed by atoms with Crippen LogP contribution < -0.4 is 4.90 Å². The highest BCUT2D eigenvalue weighted by atomic mass is 16.4. The predicted octanol–water partition coefficient (Wildman–Crippen LogP) is 3.97. The minimum atomic E-state index is 0.0269. The van der Waals surface area contributed by atoms with Crippen LogP contribution in [-0.2, 0) is 11.3 Å². The number of carbonyl (C=O) groups excluding carboxylic acids is 1. The normalized spacial score (nSPS) is 13.1. The second-order valence-corrected chi connectivity index (χ2v) is 7.30. The van der Waals surface area contributed by atoms with Crippen molar-refractivity contribution >= 4 is 11.6 Å². The van der Waals surface area contributed by atoms with E-state index in [9.17, 15) is 9.90 Å². The summed E-state index contributed by atoms with van der Waals surface area (Å²) in [6.07, 6.45) is 1.27. The Morgan fingerprint density at radius 3 is 2.30 bits per heavy atom. The van der Waals surface area contributed by atoms with Crippen LogP contribution in [0, 0.1) is 20.8 Å². The van der Waals surface area contributed by atoms with Crippen LogP contribution in [0.3, 0.4) is 0 Å². The van der Waals surface area contributed by atoms with Gasteiger partial charge in [0.1, 0.15) is 12.3 Å². The van der Waals surface area contributed by atoms with Gasteiger partial charge in [-0.3, -0.25) is 9.48 Å². The van der Waals surface area contributed by atoms with Gasteiger partial charge in [-0.2, -0.15) is 5.10 Å². The zero-order valence-corrected chi connectivity index (χ0v) is 20.8. The predicted molar refractivity (Wildman–Crippen MR) is 129 cm³/mol. The van der Waals surface area contributed by atoms with Crippen LogP contribution in [0.15, 0.2) is 29.0 Å². The van der Waals surface area contributed by atoms with Crippen molar-refractivity contribution in [2.45, 2.75) is 55.0 Å². The van der Waals surface area contributed by atoms with E-state index < -0.39 is 0 Å². The molecule has 1 saturated heterocycles. The van der Waals surface area contributed by atoms with Crippen LogP contribution in [0.2, 0.25) is 0 Å². The van der Waals surface area contributed by atoms with Gasteiger partial charge in [-0.1, -0.05) is 33.8 Å². The third kappa shape index (κ3) is 5.91. The number of piperazine rings is 1. The minimum absolute atomic E-state index is 0.0269. The van der Waals surface area contributed by atoms with Gasteiger partial charge in [0.25, 0.3) is 5.89 Å². The van der Waals surface area contributed by atoms with Crippen molar-refractivity contribution in [3.8, 4) is 17.3 Å². The number of rotatable bonds is 4. The Bertz CT molecular complexity index is 1020. The first-order valence-electron chi connectivity index (χ1n) is 11.6. The van der Waals surface area contributed by atoms with Crippen molar-refractivity contribution in [1.82, 2.24) is 24.9 Å². The first kappa shape index (κ1) is 25.9. The number of hydrogen-bond acceptors (Lipinski definition) is 7. The molecule has 0 bridgehead atoms.